The molecule has 0 spiro atoms. The van der Waals surface area contributed by atoms with Crippen molar-refractivity contribution in [3.63, 3.8) is 0 Å². The summed E-state index contributed by atoms with van der Waals surface area (Å²) in [5, 5.41) is 0. The Labute approximate surface area is 102 Å². The van der Waals surface area contributed by atoms with Gasteiger partial charge in [0, 0.05) is 19.0 Å². The highest BCUT2D eigenvalue weighted by Gasteiger charge is 2.27. The van der Waals surface area contributed by atoms with Crippen LogP contribution in [0, 0.1) is 5.92 Å². The summed E-state index contributed by atoms with van der Waals surface area (Å²) in [6.07, 6.45) is 0.983. The lowest BCUT2D eigenvalue weighted by Crippen LogP contribution is -2.28. The van der Waals surface area contributed by atoms with Crippen LogP contribution in [-0.2, 0) is 0 Å². The number of hydrogen-bond donors (Lipinski definition) is 0. The van der Waals surface area contributed by atoms with Crippen LogP contribution in [0.5, 0.6) is 0 Å². The van der Waals surface area contributed by atoms with Crippen molar-refractivity contribution >= 4 is 33.4 Å². The largest absolute Gasteiger partial charge is 0.444 e. The van der Waals surface area contributed by atoms with Gasteiger partial charge >= 0.3 is 0 Å². The number of hydrogen-bond acceptors (Lipinski definition) is 2. The van der Waals surface area contributed by atoms with Gasteiger partial charge < -0.3 is 9.32 Å². The Morgan fingerprint density at radius 3 is 3.00 bits per heavy atom. The molecule has 1 aromatic rings. The summed E-state index contributed by atoms with van der Waals surface area (Å²) < 4.78 is 5.80. The Morgan fingerprint density at radius 1 is 1.67 bits per heavy atom. The van der Waals surface area contributed by atoms with Crippen LogP contribution in [0.3, 0.4) is 0 Å². The number of nitrogens with zero attached hydrogens (tertiary/aromatic N) is 1. The fourth-order valence-corrected chi connectivity index (χ4v) is 2.29. The van der Waals surface area contributed by atoms with Gasteiger partial charge in [0.2, 0.25) is 0 Å². The van der Waals surface area contributed by atoms with Crippen molar-refractivity contribution in [2.45, 2.75) is 6.42 Å². The van der Waals surface area contributed by atoms with Gasteiger partial charge in [-0.05, 0) is 40.4 Å². The number of amides is 1. The summed E-state index contributed by atoms with van der Waals surface area (Å²) >= 11 is 8.94. The first-order valence-corrected chi connectivity index (χ1v) is 6.14. The zero-order valence-electron chi connectivity index (χ0n) is 8.08. The van der Waals surface area contributed by atoms with Crippen molar-refractivity contribution < 1.29 is 9.21 Å². The van der Waals surface area contributed by atoms with E-state index in [1.165, 1.54) is 0 Å². The molecule has 1 aromatic heterocycles. The van der Waals surface area contributed by atoms with Crippen LogP contribution in [0.2, 0.25) is 0 Å². The molecule has 1 aliphatic rings. The molecule has 2 heterocycles. The molecule has 15 heavy (non-hydrogen) atoms. The topological polar surface area (TPSA) is 33.5 Å². The molecule has 0 N–H and O–H groups in total. The molecule has 1 atom stereocenters. The Hall–Kier alpha value is -0.480. The molecule has 0 bridgehead atoms. The van der Waals surface area contributed by atoms with E-state index in [-0.39, 0.29) is 5.91 Å². The van der Waals surface area contributed by atoms with Gasteiger partial charge in [-0.15, -0.1) is 11.6 Å². The molecule has 1 amide bonds. The normalized spacial score (nSPS) is 20.9. The number of rotatable bonds is 2. The van der Waals surface area contributed by atoms with E-state index in [0.717, 1.165) is 19.5 Å². The highest BCUT2D eigenvalue weighted by Crippen LogP contribution is 2.21. The molecule has 2 rings (SSSR count). The summed E-state index contributed by atoms with van der Waals surface area (Å²) in [4.78, 5) is 13.7. The second kappa shape index (κ2) is 4.58. The molecular formula is C10H11BrClNO2. The first-order chi connectivity index (χ1) is 7.20. The maximum atomic E-state index is 11.9. The first-order valence-electron chi connectivity index (χ1n) is 4.81. The molecule has 0 radical (unpaired) electrons. The number of carbonyl (C=O) groups is 1. The molecule has 3 nitrogen and oxygen atoms in total. The molecule has 1 aliphatic heterocycles. The van der Waals surface area contributed by atoms with E-state index in [1.807, 2.05) is 0 Å². The molecule has 0 aliphatic carbocycles. The van der Waals surface area contributed by atoms with Gasteiger partial charge in [0.25, 0.3) is 5.91 Å². The number of likely N-dealkylation sites (tertiary alicyclic amines) is 1. The van der Waals surface area contributed by atoms with Gasteiger partial charge in [-0.1, -0.05) is 0 Å². The van der Waals surface area contributed by atoms with Crippen molar-refractivity contribution in [1.82, 2.24) is 4.90 Å². The molecule has 1 fully saturated rings. The second-order valence-corrected chi connectivity index (χ2v) is 4.75. The van der Waals surface area contributed by atoms with Crippen molar-refractivity contribution in [3.8, 4) is 0 Å². The van der Waals surface area contributed by atoms with Crippen LogP contribution in [0.4, 0.5) is 0 Å². The summed E-state index contributed by atoms with van der Waals surface area (Å²) in [5.74, 6) is 1.38. The molecule has 0 aromatic carbocycles. The van der Waals surface area contributed by atoms with Crippen molar-refractivity contribution in [2.75, 3.05) is 19.0 Å². The van der Waals surface area contributed by atoms with E-state index in [1.54, 1.807) is 17.0 Å². The Bertz CT molecular complexity index is 366. The molecule has 5 heteroatoms. The van der Waals surface area contributed by atoms with E-state index >= 15 is 0 Å². The fraction of sp³-hybridized carbons (Fsp3) is 0.500. The lowest BCUT2D eigenvalue weighted by atomic mass is 10.2. The average molecular weight is 293 g/mol. The SMILES string of the molecule is O=C(c1ccc(Br)o1)N1CCC(CCl)C1. The third-order valence-corrected chi connectivity index (χ3v) is 3.44. The van der Waals surface area contributed by atoms with Crippen molar-refractivity contribution in [1.29, 1.82) is 0 Å². The van der Waals surface area contributed by atoms with E-state index < -0.39 is 0 Å². The molecule has 0 saturated carbocycles. The molecular weight excluding hydrogens is 281 g/mol. The van der Waals surface area contributed by atoms with E-state index in [4.69, 9.17) is 16.0 Å². The second-order valence-electron chi connectivity index (χ2n) is 3.66. The number of halogens is 2. The summed E-state index contributed by atoms with van der Waals surface area (Å²) in [6.45, 7) is 1.51. The van der Waals surface area contributed by atoms with Gasteiger partial charge in [0.1, 0.15) is 0 Å². The summed E-state index contributed by atoms with van der Waals surface area (Å²) in [5.41, 5.74) is 0. The number of alkyl halides is 1. The first kappa shape index (κ1) is 11.0. The third-order valence-electron chi connectivity index (χ3n) is 2.58. The van der Waals surface area contributed by atoms with Gasteiger partial charge in [-0.2, -0.15) is 0 Å². The monoisotopic (exact) mass is 291 g/mol. The molecule has 1 unspecified atom stereocenters. The highest BCUT2D eigenvalue weighted by atomic mass is 79.9. The van der Waals surface area contributed by atoms with Crippen LogP contribution in [-0.4, -0.2) is 29.8 Å². The van der Waals surface area contributed by atoms with E-state index in [9.17, 15) is 4.79 Å². The Balaban J connectivity index is 2.03. The van der Waals surface area contributed by atoms with Crippen LogP contribution >= 0.6 is 27.5 Å². The number of furan rings is 1. The van der Waals surface area contributed by atoms with Gasteiger partial charge in [-0.25, -0.2) is 0 Å². The predicted molar refractivity (Wildman–Crippen MR) is 61.1 cm³/mol. The van der Waals surface area contributed by atoms with Crippen LogP contribution in [0.25, 0.3) is 0 Å². The predicted octanol–water partition coefficient (Wildman–Crippen LogP) is 2.74. The zero-order chi connectivity index (χ0) is 10.8. The van der Waals surface area contributed by atoms with Crippen molar-refractivity contribution in [2.24, 2.45) is 5.92 Å². The van der Waals surface area contributed by atoms with Crippen LogP contribution in [0.1, 0.15) is 17.0 Å². The van der Waals surface area contributed by atoms with Crippen LogP contribution < -0.4 is 0 Å². The average Bonchev–Trinajstić information content (AvgIpc) is 2.84. The minimum Gasteiger partial charge on any atom is -0.444 e. The van der Waals surface area contributed by atoms with Gasteiger partial charge in [0.15, 0.2) is 10.4 Å². The standard InChI is InChI=1S/C10H11BrClNO2/c11-9-2-1-8(15-9)10(14)13-4-3-7(5-12)6-13/h1-2,7H,3-6H2. The smallest absolute Gasteiger partial charge is 0.289 e. The molecule has 1 saturated heterocycles. The Morgan fingerprint density at radius 2 is 2.47 bits per heavy atom. The zero-order valence-corrected chi connectivity index (χ0v) is 10.4. The van der Waals surface area contributed by atoms with Crippen LogP contribution in [0.15, 0.2) is 21.2 Å². The van der Waals surface area contributed by atoms with Gasteiger partial charge in [-0.3, -0.25) is 4.79 Å². The Kier molecular flexibility index (Phi) is 3.36. The van der Waals surface area contributed by atoms with E-state index in [0.29, 0.717) is 22.2 Å². The lowest BCUT2D eigenvalue weighted by Gasteiger charge is -2.13. The summed E-state index contributed by atoms with van der Waals surface area (Å²) in [6, 6.07) is 3.41. The maximum Gasteiger partial charge on any atom is 0.289 e. The maximum absolute atomic E-state index is 11.9. The molecule has 82 valence electrons. The lowest BCUT2D eigenvalue weighted by molar-refractivity contribution is 0.0755. The fourth-order valence-electron chi connectivity index (χ4n) is 1.73. The number of carbonyl (C=O) groups excluding carboxylic acids is 1. The summed E-state index contributed by atoms with van der Waals surface area (Å²) in [7, 11) is 0. The highest BCUT2D eigenvalue weighted by molar-refractivity contribution is 9.10. The van der Waals surface area contributed by atoms with Crippen molar-refractivity contribution in [3.05, 3.63) is 22.6 Å². The van der Waals surface area contributed by atoms with E-state index in [2.05, 4.69) is 15.9 Å². The minimum atomic E-state index is -0.0479. The third kappa shape index (κ3) is 2.37. The quantitative estimate of drug-likeness (QED) is 0.785. The van der Waals surface area contributed by atoms with Gasteiger partial charge in [0.05, 0.1) is 0 Å². The minimum absolute atomic E-state index is 0.0479.